The lowest BCUT2D eigenvalue weighted by atomic mass is 9.96. The molecule has 24 N–H and O–H groups in total. The standard InChI is InChI=1S/C80H107N17O27/c1-6-7-8-9-10-11-12-27-60(101)89-51(30-44-36-84-49-25-18-16-22-46(44)49)74(117)92-52(32-59(82)100)75(118)94-55(35-66(110)111)76(119)97-68-43(5)124-80(123)56(31-58(99)47-23-15-17-24-48(47)81)95-79(122)67(41(3)29-63(104)105)96-77(120)57(39-98)90-62(103)37-85-71(114)53(33-64(106)107)91-69(112)42(4)87-73(116)54(34-65(108)109)93-72(115)50(88-61(102)38-86-78(68)121)26-19-28-83-70(113)45-21-14-13-20-40(45)2/h13-18,20-25,36,41-43,50-57,67-68,84,98H,6-12,19,26-35,37-39,81H2,1-5H3,(H2,82,100)(H,83,113)(H,85,114)(H,86,121)(H,87,116)(H,88,102)(H,89,101)(H,90,103)(H,91,112)(H,92,117)(H,93,115)(H,94,118)(H,95,122)(H,96,120)(H,97,119)(H,104,105)(H,106,107)(H,108,109)(H,110,111). The summed E-state index contributed by atoms with van der Waals surface area (Å²) in [6, 6.07) is -4.62. The predicted octanol–water partition coefficient (Wildman–Crippen LogP) is -3.84. The number of anilines is 1. The minimum atomic E-state index is -2.49. The summed E-state index contributed by atoms with van der Waals surface area (Å²) in [6.07, 6.45) is -2.83. The van der Waals surface area contributed by atoms with Crippen LogP contribution in [0.1, 0.15) is 162 Å². The normalized spacial score (nSPS) is 20.4. The van der Waals surface area contributed by atoms with Crippen LogP contribution in [0.25, 0.3) is 10.9 Å². The van der Waals surface area contributed by atoms with Crippen molar-refractivity contribution < 1.29 is 131 Å². The third kappa shape index (κ3) is 33.6. The molecule has 0 spiro atoms. The smallest absolute Gasteiger partial charge is 0.329 e. The van der Waals surface area contributed by atoms with Gasteiger partial charge in [-0.3, -0.25) is 95.9 Å². The molecule has 1 aromatic heterocycles. The van der Waals surface area contributed by atoms with E-state index >= 15 is 0 Å². The highest BCUT2D eigenvalue weighted by atomic mass is 16.5. The van der Waals surface area contributed by atoms with Crippen LogP contribution in [-0.4, -0.2) is 254 Å². The molecular formula is C80H107N17O27. The van der Waals surface area contributed by atoms with Gasteiger partial charge in [0.2, 0.25) is 82.7 Å². The number of para-hydroxylation sites is 2. The molecule has 15 amide bonds. The van der Waals surface area contributed by atoms with E-state index in [1.165, 1.54) is 30.3 Å². The summed E-state index contributed by atoms with van der Waals surface area (Å²) in [5.41, 5.74) is 13.2. The molecule has 1 aliphatic rings. The molecule has 0 aliphatic carbocycles. The van der Waals surface area contributed by atoms with Gasteiger partial charge in [-0.15, -0.1) is 0 Å². The van der Waals surface area contributed by atoms with Crippen molar-refractivity contribution in [3.63, 3.8) is 0 Å². The monoisotopic (exact) mass is 1740 g/mol. The molecule has 13 atom stereocenters. The number of hydrogen-bond donors (Lipinski definition) is 22. The zero-order valence-electron chi connectivity index (χ0n) is 68.7. The third-order valence-electron chi connectivity index (χ3n) is 19.5. The number of aliphatic hydroxyl groups excluding tert-OH is 1. The lowest BCUT2D eigenvalue weighted by Gasteiger charge is -2.30. The van der Waals surface area contributed by atoms with Crippen molar-refractivity contribution in [3.05, 3.63) is 101 Å². The first-order valence-corrected chi connectivity index (χ1v) is 39.8. The van der Waals surface area contributed by atoms with Gasteiger partial charge in [0, 0.05) is 59.7 Å². The molecule has 0 radical (unpaired) electrons. The predicted molar refractivity (Wildman–Crippen MR) is 435 cm³/mol. The number of nitrogen functional groups attached to an aromatic ring is 1. The Kier molecular flexibility index (Phi) is 40.8. The minimum absolute atomic E-state index is 0.0288. The molecule has 0 bridgehead atoms. The molecule has 44 heteroatoms. The van der Waals surface area contributed by atoms with Crippen LogP contribution < -0.4 is 85.9 Å². The van der Waals surface area contributed by atoms with Crippen LogP contribution in [0, 0.1) is 12.8 Å². The number of nitrogens with two attached hydrogens (primary N) is 2. The van der Waals surface area contributed by atoms with Gasteiger partial charge in [0.05, 0.1) is 51.8 Å². The summed E-state index contributed by atoms with van der Waals surface area (Å²) in [6.45, 7) is 2.57. The fraction of sp³-hybridized carbons (Fsp3) is 0.487. The number of esters is 1. The number of H-pyrrole nitrogens is 1. The van der Waals surface area contributed by atoms with Crippen LogP contribution in [0.4, 0.5) is 5.69 Å². The number of ketones is 1. The molecule has 3 aromatic carbocycles. The van der Waals surface area contributed by atoms with Gasteiger partial charge in [-0.05, 0) is 81.3 Å². The van der Waals surface area contributed by atoms with Crippen molar-refractivity contribution in [1.29, 1.82) is 0 Å². The van der Waals surface area contributed by atoms with Gasteiger partial charge < -0.3 is 121 Å². The number of primary amides is 1. The average Bonchev–Trinajstić information content (AvgIpc) is 1.67. The van der Waals surface area contributed by atoms with Gasteiger partial charge in [0.25, 0.3) is 5.91 Å². The van der Waals surface area contributed by atoms with Crippen LogP contribution in [-0.2, 0) is 102 Å². The minimum Gasteiger partial charge on any atom is -0.481 e. The highest BCUT2D eigenvalue weighted by Crippen LogP contribution is 2.22. The summed E-state index contributed by atoms with van der Waals surface area (Å²) in [4.78, 5) is 292. The number of nitrogens with one attached hydrogen (secondary N) is 15. The number of aliphatic hydroxyl groups is 1. The first-order valence-electron chi connectivity index (χ1n) is 39.8. The number of aromatic nitrogens is 1. The molecule has 2 heterocycles. The van der Waals surface area contributed by atoms with E-state index in [0.29, 0.717) is 34.9 Å². The number of carboxylic acids is 4. The summed E-state index contributed by atoms with van der Waals surface area (Å²) < 4.78 is 5.72. The molecule has 4 aromatic rings. The number of carboxylic acid groups (broad SMARTS) is 4. The van der Waals surface area contributed by atoms with Crippen LogP contribution in [0.3, 0.4) is 0 Å². The largest absolute Gasteiger partial charge is 0.481 e. The number of Topliss-reactive ketones (excluding diaryl/α,β-unsaturated/α-hetero) is 1. The van der Waals surface area contributed by atoms with E-state index in [1.54, 1.807) is 55.6 Å². The highest BCUT2D eigenvalue weighted by Gasteiger charge is 2.41. The average molecular weight is 1740 g/mol. The molecule has 44 nitrogen and oxygen atoms in total. The maximum atomic E-state index is 15.0. The maximum absolute atomic E-state index is 15.0. The Morgan fingerprint density at radius 1 is 0.532 bits per heavy atom. The Balaban J connectivity index is 1.64. The molecule has 1 fully saturated rings. The van der Waals surface area contributed by atoms with Crippen LogP contribution in [0.2, 0.25) is 0 Å². The number of amides is 15. The first kappa shape index (κ1) is 101. The van der Waals surface area contributed by atoms with Crippen molar-refractivity contribution >= 4 is 141 Å². The quantitative estimate of drug-likeness (QED) is 0.00890. The van der Waals surface area contributed by atoms with E-state index in [9.17, 15) is 126 Å². The first-order chi connectivity index (χ1) is 58.7. The second-order valence-corrected chi connectivity index (χ2v) is 29.5. The van der Waals surface area contributed by atoms with Crippen LogP contribution >= 0.6 is 0 Å². The van der Waals surface area contributed by atoms with E-state index in [0.717, 1.165) is 52.9 Å². The Hall–Kier alpha value is -14.0. The SMILES string of the molecule is CCCCCCCCCC(=O)NC(Cc1c[nH]c2ccccc12)C(=O)NC(CC(N)=O)C(=O)NC(CC(=O)O)C(=O)NC1C(=O)NCC(=O)NC(CCCNC(=O)c2ccccc2C)C(=O)NC(CC(=O)O)C(=O)NC(C)C(=O)NC(CC(=O)O)C(=O)NCC(=O)NC(CO)C(=O)NC(C(C)CC(=O)O)C(=O)NC(CC(=O)c2ccccc2N)C(=O)OC1C. The van der Waals surface area contributed by atoms with Gasteiger partial charge in [0.1, 0.15) is 72.6 Å². The Morgan fingerprint density at radius 3 is 1.69 bits per heavy atom. The number of carbonyl (C=O) groups is 21. The Morgan fingerprint density at radius 2 is 1.07 bits per heavy atom. The van der Waals surface area contributed by atoms with Crippen LogP contribution in [0.5, 0.6) is 0 Å². The molecule has 13 unspecified atom stereocenters. The summed E-state index contributed by atoms with van der Waals surface area (Å²) >= 11 is 0. The van der Waals surface area contributed by atoms with Crippen molar-refractivity contribution in [3.8, 4) is 0 Å². The maximum Gasteiger partial charge on any atom is 0.329 e. The number of unbranched alkanes of at least 4 members (excludes halogenated alkanes) is 6. The zero-order chi connectivity index (χ0) is 92.0. The van der Waals surface area contributed by atoms with E-state index in [2.05, 4.69) is 70.4 Å². The lowest BCUT2D eigenvalue weighted by Crippen LogP contribution is -2.62. The van der Waals surface area contributed by atoms with Crippen molar-refractivity contribution in [1.82, 2.24) is 79.4 Å². The Bertz CT molecular complexity index is 4570. The molecule has 1 aliphatic heterocycles. The van der Waals surface area contributed by atoms with E-state index in [1.807, 2.05) is 16.0 Å². The topological polar surface area (TPSA) is 705 Å². The van der Waals surface area contributed by atoms with Gasteiger partial charge in [-0.2, -0.15) is 0 Å². The molecule has 1 saturated heterocycles. The number of aliphatic carboxylic acids is 4. The zero-order valence-corrected chi connectivity index (χ0v) is 68.7. The fourth-order valence-corrected chi connectivity index (χ4v) is 12.8. The summed E-state index contributed by atoms with van der Waals surface area (Å²) in [7, 11) is 0. The van der Waals surface area contributed by atoms with Crippen molar-refractivity contribution in [2.75, 3.05) is 32.0 Å². The van der Waals surface area contributed by atoms with Gasteiger partial charge in [0.15, 0.2) is 5.78 Å². The summed E-state index contributed by atoms with van der Waals surface area (Å²) in [5, 5.41) is 81.9. The number of aromatic amines is 1. The number of fused-ring (bicyclic) bond motifs is 1. The number of ether oxygens (including phenoxy) is 1. The van der Waals surface area contributed by atoms with E-state index in [-0.39, 0.29) is 42.6 Å². The van der Waals surface area contributed by atoms with Gasteiger partial charge >= 0.3 is 29.8 Å². The number of rotatable bonds is 37. The molecule has 0 saturated carbocycles. The molecule has 674 valence electrons. The lowest BCUT2D eigenvalue weighted by molar-refractivity contribution is -0.156. The number of cyclic esters (lactones) is 1. The van der Waals surface area contributed by atoms with Crippen LogP contribution in [0.15, 0.2) is 79.0 Å². The van der Waals surface area contributed by atoms with Crippen molar-refractivity contribution in [2.45, 2.75) is 216 Å². The Labute approximate surface area is 709 Å². The second kappa shape index (κ2) is 50.3. The van der Waals surface area contributed by atoms with E-state index < -0.39 is 267 Å². The number of benzene rings is 3. The number of hydrogen-bond acceptors (Lipinski definition) is 24. The number of carbonyl (C=O) groups excluding carboxylic acids is 17. The molecule has 124 heavy (non-hydrogen) atoms. The molecule has 5 rings (SSSR count). The highest BCUT2D eigenvalue weighted by molar-refractivity contribution is 6.05. The number of aryl methyl sites for hydroxylation is 1. The molecular weight excluding hydrogens is 1630 g/mol. The van der Waals surface area contributed by atoms with Gasteiger partial charge in [-0.25, -0.2) is 4.79 Å². The van der Waals surface area contributed by atoms with Gasteiger partial charge in [-0.1, -0.05) is 101 Å². The summed E-state index contributed by atoms with van der Waals surface area (Å²) in [5.74, 6) is -30.8. The third-order valence-corrected chi connectivity index (χ3v) is 19.5. The fourth-order valence-electron chi connectivity index (χ4n) is 12.8. The van der Waals surface area contributed by atoms with E-state index in [4.69, 9.17) is 16.2 Å². The second-order valence-electron chi connectivity index (χ2n) is 29.5. The van der Waals surface area contributed by atoms with Crippen molar-refractivity contribution in [2.24, 2.45) is 11.7 Å².